The van der Waals surface area contributed by atoms with Gasteiger partial charge in [0.25, 0.3) is 0 Å². The Morgan fingerprint density at radius 3 is 2.47 bits per heavy atom. The van der Waals surface area contributed by atoms with Gasteiger partial charge in [-0.1, -0.05) is 0 Å². The van der Waals surface area contributed by atoms with Gasteiger partial charge in [0.1, 0.15) is 19.3 Å². The maximum atomic E-state index is 11.1. The molecule has 0 amide bonds. The van der Waals surface area contributed by atoms with Crippen molar-refractivity contribution in [2.75, 3.05) is 20.3 Å². The van der Waals surface area contributed by atoms with E-state index in [2.05, 4.69) is 5.32 Å². The summed E-state index contributed by atoms with van der Waals surface area (Å²) in [4.78, 5) is 11.1. The van der Waals surface area contributed by atoms with Gasteiger partial charge in [-0.25, -0.2) is 0 Å². The summed E-state index contributed by atoms with van der Waals surface area (Å²) < 4.78 is 11.0. The van der Waals surface area contributed by atoms with Gasteiger partial charge in [-0.3, -0.25) is 4.79 Å². The standard InChI is InChI=1S/C13H18N2O4/c1-7-5-9-10(19-4-3-18-9)6-8(7)12(15-2)11(14)13(16)17/h5-6,11-12,15H,3-4,14H2,1-2H3,(H,16,17). The molecule has 2 atom stereocenters. The van der Waals surface area contributed by atoms with E-state index in [0.717, 1.165) is 11.1 Å². The van der Waals surface area contributed by atoms with Crippen LogP contribution in [0.4, 0.5) is 0 Å². The summed E-state index contributed by atoms with van der Waals surface area (Å²) in [5, 5.41) is 12.0. The molecule has 1 heterocycles. The lowest BCUT2D eigenvalue weighted by molar-refractivity contribution is -0.139. The number of likely N-dealkylation sites (N-methyl/N-ethyl adjacent to an activating group) is 1. The first-order valence-corrected chi connectivity index (χ1v) is 6.10. The summed E-state index contributed by atoms with van der Waals surface area (Å²) >= 11 is 0. The largest absolute Gasteiger partial charge is 0.486 e. The average Bonchev–Trinajstić information content (AvgIpc) is 2.39. The highest BCUT2D eigenvalue weighted by Crippen LogP contribution is 2.35. The van der Waals surface area contributed by atoms with Crippen molar-refractivity contribution in [1.82, 2.24) is 5.32 Å². The van der Waals surface area contributed by atoms with E-state index in [0.29, 0.717) is 24.7 Å². The molecule has 19 heavy (non-hydrogen) atoms. The number of carboxylic acid groups (broad SMARTS) is 1. The summed E-state index contributed by atoms with van der Waals surface area (Å²) in [6.07, 6.45) is 0. The first-order chi connectivity index (χ1) is 9.04. The quantitative estimate of drug-likeness (QED) is 0.732. The number of carbonyl (C=O) groups is 1. The van der Waals surface area contributed by atoms with Gasteiger partial charge < -0.3 is 25.6 Å². The minimum absolute atomic E-state index is 0.478. The average molecular weight is 266 g/mol. The zero-order valence-electron chi connectivity index (χ0n) is 11.0. The van der Waals surface area contributed by atoms with Gasteiger partial charge in [0, 0.05) is 0 Å². The minimum atomic E-state index is -1.05. The van der Waals surface area contributed by atoms with Gasteiger partial charge in [-0.2, -0.15) is 0 Å². The molecule has 0 aromatic heterocycles. The number of nitrogens with one attached hydrogen (secondary N) is 1. The van der Waals surface area contributed by atoms with Gasteiger partial charge in [-0.15, -0.1) is 0 Å². The predicted octanol–water partition coefficient (Wildman–Crippen LogP) is 0.439. The van der Waals surface area contributed by atoms with Gasteiger partial charge in [0.15, 0.2) is 11.5 Å². The number of ether oxygens (including phenoxy) is 2. The highest BCUT2D eigenvalue weighted by Gasteiger charge is 2.27. The second kappa shape index (κ2) is 5.46. The second-order valence-electron chi connectivity index (χ2n) is 4.48. The summed E-state index contributed by atoms with van der Waals surface area (Å²) in [7, 11) is 1.68. The molecule has 1 aliphatic rings. The summed E-state index contributed by atoms with van der Waals surface area (Å²) in [5.74, 6) is 0.268. The van der Waals surface area contributed by atoms with Crippen LogP contribution < -0.4 is 20.5 Å². The number of hydrogen-bond donors (Lipinski definition) is 3. The van der Waals surface area contributed by atoms with Crippen LogP contribution in [0.25, 0.3) is 0 Å². The Morgan fingerprint density at radius 2 is 1.95 bits per heavy atom. The topological polar surface area (TPSA) is 93.8 Å². The lowest BCUT2D eigenvalue weighted by atomic mass is 9.95. The van der Waals surface area contributed by atoms with Crippen molar-refractivity contribution in [3.63, 3.8) is 0 Å². The Morgan fingerprint density at radius 1 is 1.37 bits per heavy atom. The number of fused-ring (bicyclic) bond motifs is 1. The fraction of sp³-hybridized carbons (Fsp3) is 0.462. The normalized spacial score (nSPS) is 16.8. The maximum Gasteiger partial charge on any atom is 0.322 e. The molecule has 1 aliphatic heterocycles. The SMILES string of the molecule is CNC(c1cc2c(cc1C)OCCO2)C(N)C(=O)O. The van der Waals surface area contributed by atoms with E-state index in [1.807, 2.05) is 13.0 Å². The van der Waals surface area contributed by atoms with Crippen molar-refractivity contribution >= 4 is 5.97 Å². The third kappa shape index (κ3) is 2.64. The molecule has 0 fully saturated rings. The molecule has 104 valence electrons. The third-order valence-corrected chi connectivity index (χ3v) is 3.22. The van der Waals surface area contributed by atoms with Crippen LogP contribution in [0.2, 0.25) is 0 Å². The molecule has 0 saturated heterocycles. The molecule has 0 radical (unpaired) electrons. The van der Waals surface area contributed by atoms with Crippen LogP contribution in [0.1, 0.15) is 17.2 Å². The Bertz CT molecular complexity index is 490. The van der Waals surface area contributed by atoms with Crippen molar-refractivity contribution in [3.05, 3.63) is 23.3 Å². The van der Waals surface area contributed by atoms with Gasteiger partial charge >= 0.3 is 5.97 Å². The minimum Gasteiger partial charge on any atom is -0.486 e. The van der Waals surface area contributed by atoms with Crippen molar-refractivity contribution in [3.8, 4) is 11.5 Å². The number of carboxylic acids is 1. The first-order valence-electron chi connectivity index (χ1n) is 6.10. The van der Waals surface area contributed by atoms with E-state index in [1.165, 1.54) is 0 Å². The highest BCUT2D eigenvalue weighted by atomic mass is 16.6. The Hall–Kier alpha value is -1.79. The van der Waals surface area contributed by atoms with Crippen LogP contribution in [0, 0.1) is 6.92 Å². The van der Waals surface area contributed by atoms with E-state index in [1.54, 1.807) is 13.1 Å². The Labute approximate surface area is 111 Å². The van der Waals surface area contributed by atoms with E-state index in [-0.39, 0.29) is 0 Å². The number of nitrogens with two attached hydrogens (primary N) is 1. The second-order valence-corrected chi connectivity index (χ2v) is 4.48. The summed E-state index contributed by atoms with van der Waals surface area (Å²) in [6.45, 7) is 2.91. The zero-order valence-corrected chi connectivity index (χ0v) is 11.0. The first kappa shape index (κ1) is 13.6. The Balaban J connectivity index is 2.40. The van der Waals surface area contributed by atoms with Crippen LogP contribution in [0.5, 0.6) is 11.5 Å². The fourth-order valence-electron chi connectivity index (χ4n) is 2.21. The van der Waals surface area contributed by atoms with E-state index in [9.17, 15) is 4.79 Å². The van der Waals surface area contributed by atoms with Crippen LogP contribution >= 0.6 is 0 Å². The van der Waals surface area contributed by atoms with E-state index < -0.39 is 18.1 Å². The maximum absolute atomic E-state index is 11.1. The molecule has 6 nitrogen and oxygen atoms in total. The number of benzene rings is 1. The Kier molecular flexibility index (Phi) is 3.92. The van der Waals surface area contributed by atoms with Crippen LogP contribution in [0.3, 0.4) is 0 Å². The number of aliphatic carboxylic acids is 1. The molecule has 0 spiro atoms. The third-order valence-electron chi connectivity index (χ3n) is 3.22. The molecule has 1 aromatic rings. The molecule has 0 saturated carbocycles. The van der Waals surface area contributed by atoms with Crippen LogP contribution in [-0.4, -0.2) is 37.4 Å². The van der Waals surface area contributed by atoms with E-state index in [4.69, 9.17) is 20.3 Å². The number of rotatable bonds is 4. The molecule has 0 aliphatic carbocycles. The zero-order chi connectivity index (χ0) is 14.0. The van der Waals surface area contributed by atoms with Crippen molar-refractivity contribution < 1.29 is 19.4 Å². The van der Waals surface area contributed by atoms with Gasteiger partial charge in [0.2, 0.25) is 0 Å². The van der Waals surface area contributed by atoms with Crippen molar-refractivity contribution in [2.24, 2.45) is 5.73 Å². The van der Waals surface area contributed by atoms with Crippen LogP contribution in [0.15, 0.2) is 12.1 Å². The number of hydrogen-bond acceptors (Lipinski definition) is 5. The van der Waals surface area contributed by atoms with Crippen molar-refractivity contribution in [1.29, 1.82) is 0 Å². The molecule has 2 rings (SSSR count). The van der Waals surface area contributed by atoms with Gasteiger partial charge in [0.05, 0.1) is 6.04 Å². The smallest absolute Gasteiger partial charge is 0.322 e. The fourth-order valence-corrected chi connectivity index (χ4v) is 2.21. The molecular formula is C13H18N2O4. The lowest BCUT2D eigenvalue weighted by Gasteiger charge is -2.25. The molecular weight excluding hydrogens is 248 g/mol. The molecule has 6 heteroatoms. The molecule has 4 N–H and O–H groups in total. The van der Waals surface area contributed by atoms with E-state index >= 15 is 0 Å². The predicted molar refractivity (Wildman–Crippen MR) is 69.6 cm³/mol. The summed E-state index contributed by atoms with van der Waals surface area (Å²) in [6, 6.07) is 2.15. The number of aryl methyl sites for hydroxylation is 1. The lowest BCUT2D eigenvalue weighted by Crippen LogP contribution is -2.42. The molecule has 2 unspecified atom stereocenters. The van der Waals surface area contributed by atoms with Gasteiger partial charge in [-0.05, 0) is 37.2 Å². The summed E-state index contributed by atoms with van der Waals surface area (Å²) in [5.41, 5.74) is 7.44. The highest BCUT2D eigenvalue weighted by molar-refractivity contribution is 5.74. The monoisotopic (exact) mass is 266 g/mol. The molecule has 0 bridgehead atoms. The van der Waals surface area contributed by atoms with Crippen LogP contribution in [-0.2, 0) is 4.79 Å². The van der Waals surface area contributed by atoms with Crippen molar-refractivity contribution in [2.45, 2.75) is 19.0 Å². The molecule has 1 aromatic carbocycles.